The molecular formula is C16H22N2. The van der Waals surface area contributed by atoms with Gasteiger partial charge < -0.3 is 5.73 Å². The molecule has 18 heavy (non-hydrogen) atoms. The predicted octanol–water partition coefficient (Wildman–Crippen LogP) is 3.08. The van der Waals surface area contributed by atoms with Gasteiger partial charge in [-0.1, -0.05) is 6.07 Å². The summed E-state index contributed by atoms with van der Waals surface area (Å²) in [6, 6.07) is 4.42. The van der Waals surface area contributed by atoms with E-state index in [1.807, 2.05) is 6.20 Å². The first-order chi connectivity index (χ1) is 8.83. The van der Waals surface area contributed by atoms with E-state index in [9.17, 15) is 0 Å². The van der Waals surface area contributed by atoms with Gasteiger partial charge in [-0.2, -0.15) is 0 Å². The largest absolute Gasteiger partial charge is 0.326 e. The first kappa shape index (κ1) is 11.0. The smallest absolute Gasteiger partial charge is 0.0440 e. The highest BCUT2D eigenvalue weighted by molar-refractivity contribution is 5.20. The molecule has 0 aliphatic heterocycles. The summed E-state index contributed by atoms with van der Waals surface area (Å²) in [5, 5.41) is 0. The zero-order chi connectivity index (χ0) is 12.1. The van der Waals surface area contributed by atoms with Gasteiger partial charge in [-0.3, -0.25) is 4.98 Å². The van der Waals surface area contributed by atoms with Gasteiger partial charge in [0.1, 0.15) is 0 Å². The van der Waals surface area contributed by atoms with Crippen LogP contribution < -0.4 is 5.73 Å². The number of pyridine rings is 1. The van der Waals surface area contributed by atoms with E-state index < -0.39 is 0 Å². The molecule has 1 heterocycles. The van der Waals surface area contributed by atoms with Crippen LogP contribution in [0.3, 0.4) is 0 Å². The molecule has 0 aromatic carbocycles. The Morgan fingerprint density at radius 1 is 1.00 bits per heavy atom. The second kappa shape index (κ2) is 4.06. The van der Waals surface area contributed by atoms with Crippen LogP contribution >= 0.6 is 0 Å². The minimum Gasteiger partial charge on any atom is -0.326 e. The van der Waals surface area contributed by atoms with Crippen LogP contribution in [0.2, 0.25) is 0 Å². The van der Waals surface area contributed by atoms with Gasteiger partial charge in [-0.05, 0) is 67.4 Å². The SMILES string of the molecule is NCc1ccc(C2C3CC4CC(C3)CC2C4)nc1. The second-order valence-corrected chi connectivity index (χ2v) is 6.75. The lowest BCUT2D eigenvalue weighted by molar-refractivity contribution is -0.00415. The summed E-state index contributed by atoms with van der Waals surface area (Å²) in [5.74, 6) is 4.71. The Bertz CT molecular complexity index is 409. The van der Waals surface area contributed by atoms with Crippen molar-refractivity contribution in [2.24, 2.45) is 29.4 Å². The molecule has 0 unspecified atom stereocenters. The lowest BCUT2D eigenvalue weighted by Gasteiger charge is -2.54. The van der Waals surface area contributed by atoms with Crippen molar-refractivity contribution in [3.63, 3.8) is 0 Å². The highest BCUT2D eigenvalue weighted by Crippen LogP contribution is 2.59. The standard InChI is InChI=1S/C16H22N2/c17-8-10-1-2-15(18-9-10)16-13-4-11-3-12(6-13)7-14(16)5-11/h1-2,9,11-14,16H,3-8,17H2. The summed E-state index contributed by atoms with van der Waals surface area (Å²) >= 11 is 0. The minimum absolute atomic E-state index is 0.606. The van der Waals surface area contributed by atoms with E-state index in [1.165, 1.54) is 37.8 Å². The number of aromatic nitrogens is 1. The van der Waals surface area contributed by atoms with Crippen molar-refractivity contribution >= 4 is 0 Å². The van der Waals surface area contributed by atoms with E-state index in [2.05, 4.69) is 12.1 Å². The second-order valence-electron chi connectivity index (χ2n) is 6.75. The highest BCUT2D eigenvalue weighted by Gasteiger charge is 2.48. The molecule has 1 aromatic heterocycles. The van der Waals surface area contributed by atoms with Crippen molar-refractivity contribution in [2.75, 3.05) is 0 Å². The van der Waals surface area contributed by atoms with Crippen molar-refractivity contribution < 1.29 is 0 Å². The third kappa shape index (κ3) is 1.62. The maximum absolute atomic E-state index is 5.65. The molecule has 4 bridgehead atoms. The summed E-state index contributed by atoms with van der Waals surface area (Å²) in [4.78, 5) is 4.72. The summed E-state index contributed by atoms with van der Waals surface area (Å²) in [5.41, 5.74) is 8.16. The van der Waals surface area contributed by atoms with E-state index in [0.29, 0.717) is 6.54 Å². The average Bonchev–Trinajstić information content (AvgIpc) is 2.38. The third-order valence-electron chi connectivity index (χ3n) is 5.65. The molecule has 0 saturated heterocycles. The van der Waals surface area contributed by atoms with Crippen LogP contribution in [-0.2, 0) is 6.54 Å². The van der Waals surface area contributed by atoms with Crippen molar-refractivity contribution in [3.8, 4) is 0 Å². The van der Waals surface area contributed by atoms with E-state index >= 15 is 0 Å². The van der Waals surface area contributed by atoms with Gasteiger partial charge in [0.25, 0.3) is 0 Å². The molecule has 4 aliphatic rings. The van der Waals surface area contributed by atoms with Gasteiger partial charge in [0.2, 0.25) is 0 Å². The summed E-state index contributed by atoms with van der Waals surface area (Å²) < 4.78 is 0. The van der Waals surface area contributed by atoms with Gasteiger partial charge in [-0.15, -0.1) is 0 Å². The molecule has 2 nitrogen and oxygen atoms in total. The Balaban J connectivity index is 1.63. The van der Waals surface area contributed by atoms with Gasteiger partial charge >= 0.3 is 0 Å². The zero-order valence-electron chi connectivity index (χ0n) is 10.9. The minimum atomic E-state index is 0.606. The number of hydrogen-bond donors (Lipinski definition) is 1. The molecule has 0 amide bonds. The molecule has 2 heteroatoms. The van der Waals surface area contributed by atoms with Crippen LogP contribution in [0.25, 0.3) is 0 Å². The summed E-state index contributed by atoms with van der Waals surface area (Å²) in [6.45, 7) is 0.606. The van der Waals surface area contributed by atoms with E-state index in [0.717, 1.165) is 35.2 Å². The Labute approximate surface area is 109 Å². The first-order valence-corrected chi connectivity index (χ1v) is 7.48. The quantitative estimate of drug-likeness (QED) is 0.865. The lowest BCUT2D eigenvalue weighted by Crippen LogP contribution is -2.44. The highest BCUT2D eigenvalue weighted by atomic mass is 14.7. The molecule has 0 atom stereocenters. The maximum Gasteiger partial charge on any atom is 0.0440 e. The van der Waals surface area contributed by atoms with Crippen LogP contribution in [0.4, 0.5) is 0 Å². The Hall–Kier alpha value is -0.890. The van der Waals surface area contributed by atoms with Gasteiger partial charge in [0, 0.05) is 24.4 Å². The van der Waals surface area contributed by atoms with Crippen LogP contribution in [-0.4, -0.2) is 4.98 Å². The molecular weight excluding hydrogens is 220 g/mol. The van der Waals surface area contributed by atoms with Crippen LogP contribution in [0, 0.1) is 23.7 Å². The number of nitrogens with zero attached hydrogens (tertiary/aromatic N) is 1. The number of hydrogen-bond acceptors (Lipinski definition) is 2. The molecule has 4 fully saturated rings. The zero-order valence-corrected chi connectivity index (χ0v) is 10.9. The van der Waals surface area contributed by atoms with Gasteiger partial charge in [0.05, 0.1) is 0 Å². The van der Waals surface area contributed by atoms with E-state index in [-0.39, 0.29) is 0 Å². The topological polar surface area (TPSA) is 38.9 Å². The molecule has 0 radical (unpaired) electrons. The number of rotatable bonds is 2. The molecule has 0 spiro atoms. The number of nitrogens with two attached hydrogens (primary N) is 1. The predicted molar refractivity (Wildman–Crippen MR) is 71.9 cm³/mol. The molecule has 2 N–H and O–H groups in total. The molecule has 4 aliphatic carbocycles. The van der Waals surface area contributed by atoms with Gasteiger partial charge in [-0.25, -0.2) is 0 Å². The normalized spacial score (nSPS) is 41.3. The summed E-state index contributed by atoms with van der Waals surface area (Å²) in [6.07, 6.45) is 9.39. The maximum atomic E-state index is 5.65. The fourth-order valence-corrected chi connectivity index (χ4v) is 5.16. The van der Waals surface area contributed by atoms with Crippen LogP contribution in [0.1, 0.15) is 49.3 Å². The molecule has 1 aromatic rings. The monoisotopic (exact) mass is 242 g/mol. The fraction of sp³-hybridized carbons (Fsp3) is 0.688. The third-order valence-corrected chi connectivity index (χ3v) is 5.65. The van der Waals surface area contributed by atoms with Crippen molar-refractivity contribution in [1.82, 2.24) is 4.98 Å². The first-order valence-electron chi connectivity index (χ1n) is 7.48. The summed E-state index contributed by atoms with van der Waals surface area (Å²) in [7, 11) is 0. The lowest BCUT2D eigenvalue weighted by atomic mass is 9.51. The van der Waals surface area contributed by atoms with Crippen LogP contribution in [0.5, 0.6) is 0 Å². The van der Waals surface area contributed by atoms with Crippen LogP contribution in [0.15, 0.2) is 18.3 Å². The molecule has 5 rings (SSSR count). The molecule has 4 saturated carbocycles. The van der Waals surface area contributed by atoms with Crippen molar-refractivity contribution in [3.05, 3.63) is 29.6 Å². The average molecular weight is 242 g/mol. The van der Waals surface area contributed by atoms with E-state index in [1.54, 1.807) is 0 Å². The Morgan fingerprint density at radius 3 is 2.17 bits per heavy atom. The Kier molecular flexibility index (Phi) is 2.47. The van der Waals surface area contributed by atoms with E-state index in [4.69, 9.17) is 10.7 Å². The van der Waals surface area contributed by atoms with Gasteiger partial charge in [0.15, 0.2) is 0 Å². The van der Waals surface area contributed by atoms with Crippen molar-refractivity contribution in [2.45, 2.75) is 44.6 Å². The Morgan fingerprint density at radius 2 is 1.67 bits per heavy atom. The fourth-order valence-electron chi connectivity index (χ4n) is 5.16. The van der Waals surface area contributed by atoms with Crippen molar-refractivity contribution in [1.29, 1.82) is 0 Å². The molecule has 96 valence electrons.